The number of nitrogens with one attached hydrogen (secondary N) is 1. The molecule has 3 nitrogen and oxygen atoms in total. The van der Waals surface area contributed by atoms with Gasteiger partial charge in [-0.15, -0.1) is 0 Å². The second-order valence-electron chi connectivity index (χ2n) is 4.22. The number of rotatable bonds is 6. The second kappa shape index (κ2) is 7.08. The Morgan fingerprint density at radius 1 is 1.65 bits per heavy atom. The third kappa shape index (κ3) is 4.58. The first-order valence-corrected chi connectivity index (χ1v) is 6.82. The van der Waals surface area contributed by atoms with E-state index >= 15 is 0 Å². The van der Waals surface area contributed by atoms with E-state index in [0.29, 0.717) is 6.42 Å². The zero-order valence-electron chi connectivity index (χ0n) is 10.3. The molecule has 4 heteroatoms. The molecule has 0 spiro atoms. The van der Waals surface area contributed by atoms with Crippen LogP contribution >= 0.6 is 11.3 Å². The highest BCUT2D eigenvalue weighted by molar-refractivity contribution is 7.07. The Labute approximate surface area is 106 Å². The summed E-state index contributed by atoms with van der Waals surface area (Å²) in [4.78, 5) is 11.8. The van der Waals surface area contributed by atoms with Gasteiger partial charge in [-0.25, -0.2) is 0 Å². The van der Waals surface area contributed by atoms with Crippen LogP contribution in [0.25, 0.3) is 0 Å². The van der Waals surface area contributed by atoms with Gasteiger partial charge in [0, 0.05) is 6.04 Å². The van der Waals surface area contributed by atoms with Gasteiger partial charge in [-0.05, 0) is 42.2 Å². The molecule has 0 aliphatic carbocycles. The van der Waals surface area contributed by atoms with E-state index in [0.717, 1.165) is 12.8 Å². The van der Waals surface area contributed by atoms with Crippen molar-refractivity contribution < 1.29 is 4.79 Å². The number of hydrogen-bond donors (Lipinski definition) is 1. The second-order valence-corrected chi connectivity index (χ2v) is 5.00. The largest absolute Gasteiger partial charge is 0.352 e. The van der Waals surface area contributed by atoms with Gasteiger partial charge in [0.2, 0.25) is 5.91 Å². The number of nitrogens with zero attached hydrogens (tertiary/aromatic N) is 1. The topological polar surface area (TPSA) is 52.9 Å². The van der Waals surface area contributed by atoms with E-state index in [4.69, 9.17) is 5.26 Å². The molecule has 0 aliphatic heterocycles. The minimum atomic E-state index is -0.509. The molecule has 0 saturated heterocycles. The van der Waals surface area contributed by atoms with E-state index in [2.05, 4.69) is 22.8 Å². The first kappa shape index (κ1) is 13.7. The van der Waals surface area contributed by atoms with Crippen molar-refractivity contribution in [2.45, 2.75) is 39.2 Å². The zero-order valence-corrected chi connectivity index (χ0v) is 11.1. The molecule has 1 N–H and O–H groups in total. The molecule has 1 aromatic heterocycles. The lowest BCUT2D eigenvalue weighted by Crippen LogP contribution is -2.37. The molecule has 0 saturated carbocycles. The molecule has 92 valence electrons. The molecule has 0 aliphatic rings. The predicted molar refractivity (Wildman–Crippen MR) is 69.6 cm³/mol. The molecule has 2 unspecified atom stereocenters. The van der Waals surface area contributed by atoms with Crippen LogP contribution in [0.3, 0.4) is 0 Å². The van der Waals surface area contributed by atoms with Crippen molar-refractivity contribution in [2.24, 2.45) is 5.92 Å². The molecule has 0 radical (unpaired) electrons. The number of amides is 1. The fourth-order valence-corrected chi connectivity index (χ4v) is 2.38. The fraction of sp³-hybridized carbons (Fsp3) is 0.538. The maximum Gasteiger partial charge on any atom is 0.237 e. The number of carbonyl (C=O) groups is 1. The number of thiophene rings is 1. The average Bonchev–Trinajstić information content (AvgIpc) is 2.78. The van der Waals surface area contributed by atoms with Gasteiger partial charge in [-0.1, -0.05) is 13.3 Å². The lowest BCUT2D eigenvalue weighted by atomic mass is 10.0. The SMILES string of the molecule is CCCC(C#N)C(=O)NC(C)Cc1ccsc1. The maximum absolute atomic E-state index is 11.8. The molecule has 0 bridgehead atoms. The highest BCUT2D eigenvalue weighted by atomic mass is 32.1. The van der Waals surface area contributed by atoms with Gasteiger partial charge in [-0.3, -0.25) is 4.79 Å². The highest BCUT2D eigenvalue weighted by Gasteiger charge is 2.18. The van der Waals surface area contributed by atoms with Gasteiger partial charge in [0.15, 0.2) is 0 Å². The summed E-state index contributed by atoms with van der Waals surface area (Å²) >= 11 is 1.65. The van der Waals surface area contributed by atoms with Gasteiger partial charge in [0.05, 0.1) is 6.07 Å². The molecule has 17 heavy (non-hydrogen) atoms. The van der Waals surface area contributed by atoms with Crippen LogP contribution in [0.2, 0.25) is 0 Å². The third-order valence-electron chi connectivity index (χ3n) is 2.56. The molecular weight excluding hydrogens is 232 g/mol. The van der Waals surface area contributed by atoms with Crippen molar-refractivity contribution in [3.05, 3.63) is 22.4 Å². The smallest absolute Gasteiger partial charge is 0.237 e. The first-order chi connectivity index (χ1) is 8.17. The average molecular weight is 250 g/mol. The normalized spacial score (nSPS) is 13.7. The summed E-state index contributed by atoms with van der Waals surface area (Å²) in [5, 5.41) is 15.9. The highest BCUT2D eigenvalue weighted by Crippen LogP contribution is 2.10. The van der Waals surface area contributed by atoms with Gasteiger partial charge in [-0.2, -0.15) is 16.6 Å². The molecule has 1 aromatic rings. The lowest BCUT2D eigenvalue weighted by molar-refractivity contribution is -0.124. The maximum atomic E-state index is 11.8. The molecule has 1 rings (SSSR count). The molecule has 0 fully saturated rings. The number of nitriles is 1. The Morgan fingerprint density at radius 3 is 2.94 bits per heavy atom. The number of carbonyl (C=O) groups excluding carboxylic acids is 1. The van der Waals surface area contributed by atoms with Crippen molar-refractivity contribution in [1.29, 1.82) is 5.26 Å². The van der Waals surface area contributed by atoms with Crippen LogP contribution in [0.5, 0.6) is 0 Å². The zero-order chi connectivity index (χ0) is 12.7. The van der Waals surface area contributed by atoms with Gasteiger partial charge < -0.3 is 5.32 Å². The predicted octanol–water partition coefficient (Wildman–Crippen LogP) is 2.74. The van der Waals surface area contributed by atoms with Gasteiger partial charge >= 0.3 is 0 Å². The van der Waals surface area contributed by atoms with Crippen LogP contribution in [0.15, 0.2) is 16.8 Å². The van der Waals surface area contributed by atoms with Crippen molar-refractivity contribution in [3.63, 3.8) is 0 Å². The summed E-state index contributed by atoms with van der Waals surface area (Å²) < 4.78 is 0. The molecule has 0 aromatic carbocycles. The van der Waals surface area contributed by atoms with E-state index in [9.17, 15) is 4.79 Å². The molecule has 1 heterocycles. The van der Waals surface area contributed by atoms with Crippen LogP contribution in [0.4, 0.5) is 0 Å². The quantitative estimate of drug-likeness (QED) is 0.844. The van der Waals surface area contributed by atoms with Crippen LogP contribution in [0.1, 0.15) is 32.3 Å². The summed E-state index contributed by atoms with van der Waals surface area (Å²) in [5.74, 6) is -0.651. The van der Waals surface area contributed by atoms with Gasteiger partial charge in [0.1, 0.15) is 5.92 Å². The lowest BCUT2D eigenvalue weighted by Gasteiger charge is -2.15. The summed E-state index contributed by atoms with van der Waals surface area (Å²) in [6.45, 7) is 3.95. The Hall–Kier alpha value is -1.34. The van der Waals surface area contributed by atoms with E-state index < -0.39 is 5.92 Å². The van der Waals surface area contributed by atoms with Crippen LogP contribution in [-0.4, -0.2) is 11.9 Å². The van der Waals surface area contributed by atoms with Crippen LogP contribution < -0.4 is 5.32 Å². The third-order valence-corrected chi connectivity index (χ3v) is 3.29. The van der Waals surface area contributed by atoms with Crippen LogP contribution in [0, 0.1) is 17.2 Å². The van der Waals surface area contributed by atoms with Crippen molar-refractivity contribution >= 4 is 17.2 Å². The minimum absolute atomic E-state index is 0.0739. The van der Waals surface area contributed by atoms with Crippen molar-refractivity contribution in [1.82, 2.24) is 5.32 Å². The van der Waals surface area contributed by atoms with E-state index in [1.54, 1.807) is 11.3 Å². The Balaban J connectivity index is 2.42. The fourth-order valence-electron chi connectivity index (χ4n) is 1.70. The Bertz CT molecular complexity index is 381. The summed E-state index contributed by atoms with van der Waals surface area (Å²) in [6.07, 6.45) is 2.30. The van der Waals surface area contributed by atoms with Crippen LogP contribution in [-0.2, 0) is 11.2 Å². The summed E-state index contributed by atoms with van der Waals surface area (Å²) in [6, 6.07) is 4.19. The standard InChI is InChI=1S/C13H18N2OS/c1-3-4-12(8-14)13(16)15-10(2)7-11-5-6-17-9-11/h5-6,9-10,12H,3-4,7H2,1-2H3,(H,15,16). The summed E-state index contributed by atoms with van der Waals surface area (Å²) in [7, 11) is 0. The Kier molecular flexibility index (Phi) is 5.71. The number of hydrogen-bond acceptors (Lipinski definition) is 3. The molecular formula is C13H18N2OS. The van der Waals surface area contributed by atoms with E-state index in [-0.39, 0.29) is 11.9 Å². The molecule has 2 atom stereocenters. The van der Waals surface area contributed by atoms with Crippen molar-refractivity contribution in [2.75, 3.05) is 0 Å². The molecule has 1 amide bonds. The van der Waals surface area contributed by atoms with Gasteiger partial charge in [0.25, 0.3) is 0 Å². The summed E-state index contributed by atoms with van der Waals surface area (Å²) in [5.41, 5.74) is 1.23. The monoisotopic (exact) mass is 250 g/mol. The van der Waals surface area contributed by atoms with E-state index in [1.807, 2.05) is 19.2 Å². The Morgan fingerprint density at radius 2 is 2.41 bits per heavy atom. The minimum Gasteiger partial charge on any atom is -0.352 e. The van der Waals surface area contributed by atoms with E-state index in [1.165, 1.54) is 5.56 Å². The first-order valence-electron chi connectivity index (χ1n) is 5.88. The van der Waals surface area contributed by atoms with Crippen molar-refractivity contribution in [3.8, 4) is 6.07 Å².